The summed E-state index contributed by atoms with van der Waals surface area (Å²) in [5.74, 6) is 0.714. The summed E-state index contributed by atoms with van der Waals surface area (Å²) in [6.07, 6.45) is -0.494. The summed E-state index contributed by atoms with van der Waals surface area (Å²) in [5.41, 5.74) is 3.06. The number of rotatable bonds is 7. The van der Waals surface area contributed by atoms with Crippen LogP contribution < -0.4 is 5.32 Å². The van der Waals surface area contributed by atoms with Gasteiger partial charge in [-0.3, -0.25) is 9.69 Å². The normalized spacial score (nSPS) is 16.0. The number of aliphatic hydroxyl groups is 1. The quantitative estimate of drug-likeness (QED) is 0.628. The molecule has 2 N–H and O–H groups in total. The number of hydrogen-bond acceptors (Lipinski definition) is 5. The number of fused-ring (bicyclic) bond motifs is 1. The number of hydrogen-bond donors (Lipinski definition) is 2. The van der Waals surface area contributed by atoms with E-state index in [9.17, 15) is 9.90 Å². The molecule has 0 radical (unpaired) electrons. The highest BCUT2D eigenvalue weighted by Gasteiger charge is 2.23. The zero-order valence-electron chi connectivity index (χ0n) is 17.4. The van der Waals surface area contributed by atoms with Crippen molar-refractivity contribution in [2.75, 3.05) is 38.0 Å². The average molecular weight is 408 g/mol. The number of amides is 1. The van der Waals surface area contributed by atoms with Crippen LogP contribution in [0.4, 0.5) is 5.95 Å². The number of para-hydroxylation sites is 2. The molecule has 1 atom stereocenters. The molecule has 2 aromatic carbocycles. The molecule has 0 saturated carbocycles. The Morgan fingerprint density at radius 2 is 1.77 bits per heavy atom. The van der Waals surface area contributed by atoms with Crippen molar-refractivity contribution in [1.82, 2.24) is 19.4 Å². The summed E-state index contributed by atoms with van der Waals surface area (Å²) < 4.78 is 1.91. The van der Waals surface area contributed by atoms with Crippen LogP contribution in [0.25, 0.3) is 11.0 Å². The van der Waals surface area contributed by atoms with Crippen molar-refractivity contribution in [3.63, 3.8) is 0 Å². The summed E-state index contributed by atoms with van der Waals surface area (Å²) in [7, 11) is 0. The maximum absolute atomic E-state index is 13.0. The second kappa shape index (κ2) is 9.28. The van der Waals surface area contributed by atoms with Crippen LogP contribution in [0.3, 0.4) is 0 Å². The number of anilines is 1. The number of aliphatic hydroxyl groups excluding tert-OH is 1. The number of carbonyl (C=O) groups is 1. The molecule has 2 heterocycles. The van der Waals surface area contributed by atoms with Gasteiger partial charge in [-0.25, -0.2) is 4.98 Å². The summed E-state index contributed by atoms with van der Waals surface area (Å²) >= 11 is 0. The zero-order valence-corrected chi connectivity index (χ0v) is 17.4. The van der Waals surface area contributed by atoms with Gasteiger partial charge in [0, 0.05) is 39.3 Å². The molecule has 7 heteroatoms. The third-order valence-corrected chi connectivity index (χ3v) is 5.48. The highest BCUT2D eigenvalue weighted by molar-refractivity contribution is 5.83. The van der Waals surface area contributed by atoms with E-state index in [0.29, 0.717) is 12.5 Å². The molecule has 0 spiro atoms. The Hall–Kier alpha value is -2.90. The molecule has 1 fully saturated rings. The molecule has 1 saturated heterocycles. The lowest BCUT2D eigenvalue weighted by molar-refractivity contribution is -0.133. The van der Waals surface area contributed by atoms with Gasteiger partial charge in [0.1, 0.15) is 6.54 Å². The molecular formula is C23H29N5O2. The van der Waals surface area contributed by atoms with E-state index in [4.69, 9.17) is 0 Å². The molecular weight excluding hydrogens is 378 g/mol. The van der Waals surface area contributed by atoms with Gasteiger partial charge < -0.3 is 19.9 Å². The van der Waals surface area contributed by atoms with Crippen LogP contribution in [0.15, 0.2) is 54.6 Å². The van der Waals surface area contributed by atoms with Crippen LogP contribution in [-0.4, -0.2) is 69.2 Å². The van der Waals surface area contributed by atoms with Crippen molar-refractivity contribution in [3.05, 3.63) is 60.2 Å². The van der Waals surface area contributed by atoms with Gasteiger partial charge in [0.2, 0.25) is 11.9 Å². The molecule has 4 rings (SSSR count). The Kier molecular flexibility index (Phi) is 6.30. The number of benzene rings is 2. The average Bonchev–Trinajstić information content (AvgIpc) is 3.11. The maximum atomic E-state index is 13.0. The van der Waals surface area contributed by atoms with Gasteiger partial charge in [0.15, 0.2) is 0 Å². The van der Waals surface area contributed by atoms with E-state index in [1.54, 1.807) is 6.92 Å². The summed E-state index contributed by atoms with van der Waals surface area (Å²) in [5, 5.41) is 12.8. The molecule has 1 amide bonds. The Bertz CT molecular complexity index is 978. The predicted molar refractivity (Wildman–Crippen MR) is 118 cm³/mol. The molecule has 1 aliphatic heterocycles. The van der Waals surface area contributed by atoms with Crippen LogP contribution in [0.2, 0.25) is 0 Å². The van der Waals surface area contributed by atoms with Gasteiger partial charge in [-0.2, -0.15) is 0 Å². The molecule has 1 aliphatic rings. The first-order chi connectivity index (χ1) is 14.6. The highest BCUT2D eigenvalue weighted by Crippen LogP contribution is 2.20. The summed E-state index contributed by atoms with van der Waals surface area (Å²) in [6.45, 7) is 6.47. The Morgan fingerprint density at radius 1 is 1.07 bits per heavy atom. The predicted octanol–water partition coefficient (Wildman–Crippen LogP) is 2.17. The third-order valence-electron chi connectivity index (χ3n) is 5.48. The first-order valence-corrected chi connectivity index (χ1v) is 10.5. The number of nitrogens with zero attached hydrogens (tertiary/aromatic N) is 4. The standard InChI is InChI=1S/C23H29N5O2/c1-18(29)15-24-23-25-20-9-5-6-10-21(20)28(23)17-22(30)27-13-11-26(12-14-27)16-19-7-3-2-4-8-19/h2-10,18,29H,11-17H2,1H3,(H,24,25)/t18-/m0/s1. The number of piperazine rings is 1. The lowest BCUT2D eigenvalue weighted by atomic mass is 10.2. The molecule has 158 valence electrons. The molecule has 7 nitrogen and oxygen atoms in total. The number of nitrogens with one attached hydrogen (secondary N) is 1. The third kappa shape index (κ3) is 4.80. The van der Waals surface area contributed by atoms with E-state index in [2.05, 4.69) is 39.5 Å². The molecule has 0 unspecified atom stereocenters. The van der Waals surface area contributed by atoms with E-state index in [1.165, 1.54) is 5.56 Å². The van der Waals surface area contributed by atoms with Crippen LogP contribution >= 0.6 is 0 Å². The van der Waals surface area contributed by atoms with Crippen molar-refractivity contribution in [2.24, 2.45) is 0 Å². The second-order valence-electron chi connectivity index (χ2n) is 7.88. The van der Waals surface area contributed by atoms with Gasteiger partial charge in [0.05, 0.1) is 17.1 Å². The fraction of sp³-hybridized carbons (Fsp3) is 0.391. The summed E-state index contributed by atoms with van der Waals surface area (Å²) in [6, 6.07) is 18.2. The summed E-state index contributed by atoms with van der Waals surface area (Å²) in [4.78, 5) is 22.0. The minimum absolute atomic E-state index is 0.0950. The smallest absolute Gasteiger partial charge is 0.242 e. The molecule has 30 heavy (non-hydrogen) atoms. The molecule has 1 aromatic heterocycles. The van der Waals surface area contributed by atoms with Crippen molar-refractivity contribution >= 4 is 22.9 Å². The maximum Gasteiger partial charge on any atom is 0.242 e. The lowest BCUT2D eigenvalue weighted by Crippen LogP contribution is -2.49. The van der Waals surface area contributed by atoms with E-state index in [1.807, 2.05) is 39.8 Å². The number of aromatic nitrogens is 2. The lowest BCUT2D eigenvalue weighted by Gasteiger charge is -2.35. The van der Waals surface area contributed by atoms with Gasteiger partial charge in [0.25, 0.3) is 0 Å². The minimum atomic E-state index is -0.494. The second-order valence-corrected chi connectivity index (χ2v) is 7.88. The van der Waals surface area contributed by atoms with Crippen molar-refractivity contribution in [1.29, 1.82) is 0 Å². The van der Waals surface area contributed by atoms with E-state index < -0.39 is 6.10 Å². The SMILES string of the molecule is C[C@H](O)CNc1nc2ccccc2n1CC(=O)N1CCN(Cc2ccccc2)CC1. The van der Waals surface area contributed by atoms with Crippen molar-refractivity contribution < 1.29 is 9.90 Å². The van der Waals surface area contributed by atoms with E-state index >= 15 is 0 Å². The van der Waals surface area contributed by atoms with E-state index in [0.717, 1.165) is 43.8 Å². The van der Waals surface area contributed by atoms with Crippen molar-refractivity contribution in [2.45, 2.75) is 26.1 Å². The first-order valence-electron chi connectivity index (χ1n) is 10.5. The fourth-order valence-electron chi connectivity index (χ4n) is 3.84. The first kappa shape index (κ1) is 20.4. The molecule has 0 bridgehead atoms. The molecule has 0 aliphatic carbocycles. The van der Waals surface area contributed by atoms with Gasteiger partial charge in [-0.1, -0.05) is 42.5 Å². The number of imidazole rings is 1. The van der Waals surface area contributed by atoms with E-state index in [-0.39, 0.29) is 12.5 Å². The van der Waals surface area contributed by atoms with Crippen LogP contribution in [0.5, 0.6) is 0 Å². The van der Waals surface area contributed by atoms with Crippen LogP contribution in [0.1, 0.15) is 12.5 Å². The molecule has 3 aromatic rings. The highest BCUT2D eigenvalue weighted by atomic mass is 16.3. The monoisotopic (exact) mass is 407 g/mol. The topological polar surface area (TPSA) is 73.6 Å². The van der Waals surface area contributed by atoms with Gasteiger partial charge >= 0.3 is 0 Å². The fourth-order valence-corrected chi connectivity index (χ4v) is 3.84. The Labute approximate surface area is 176 Å². The largest absolute Gasteiger partial charge is 0.392 e. The van der Waals surface area contributed by atoms with Crippen LogP contribution in [-0.2, 0) is 17.9 Å². The van der Waals surface area contributed by atoms with Gasteiger partial charge in [-0.15, -0.1) is 0 Å². The van der Waals surface area contributed by atoms with Crippen molar-refractivity contribution in [3.8, 4) is 0 Å². The zero-order chi connectivity index (χ0) is 20.9. The minimum Gasteiger partial charge on any atom is -0.392 e. The Balaban J connectivity index is 1.40. The number of carbonyl (C=O) groups excluding carboxylic acids is 1. The van der Waals surface area contributed by atoms with Crippen LogP contribution in [0, 0.1) is 0 Å². The van der Waals surface area contributed by atoms with Gasteiger partial charge in [-0.05, 0) is 24.6 Å². The Morgan fingerprint density at radius 3 is 2.50 bits per heavy atom.